The van der Waals surface area contributed by atoms with Gasteiger partial charge in [-0.25, -0.2) is 4.39 Å². The molecule has 174 valence electrons. The molecular formula is C28H19BrFNO3S. The summed E-state index contributed by atoms with van der Waals surface area (Å²) in [5.74, 6) is -0.198. The third-order valence-electron chi connectivity index (χ3n) is 5.71. The Hall–Kier alpha value is -3.42. The molecule has 1 aliphatic rings. The molecule has 4 nitrogen and oxygen atoms in total. The summed E-state index contributed by atoms with van der Waals surface area (Å²) in [7, 11) is 0. The molecule has 0 unspecified atom stereocenters. The number of thioether (sulfide) groups is 1. The standard InChI is InChI=1S/C28H19BrFNO3S/c29-23-11-5-2-8-19(23)16-31-27(32)26(35-28(31)33)15-22-21-10-4-1-7-18(21)13-14-25(22)34-17-20-9-3-6-12-24(20)30/h1-15H,16-17H2/b26-15-. The van der Waals surface area contributed by atoms with Gasteiger partial charge in [0, 0.05) is 15.6 Å². The molecule has 7 heteroatoms. The predicted molar refractivity (Wildman–Crippen MR) is 140 cm³/mol. The molecule has 0 bridgehead atoms. The molecule has 1 heterocycles. The summed E-state index contributed by atoms with van der Waals surface area (Å²) >= 11 is 4.38. The van der Waals surface area contributed by atoms with Gasteiger partial charge in [0.25, 0.3) is 11.1 Å². The summed E-state index contributed by atoms with van der Waals surface area (Å²) in [5.41, 5.74) is 1.95. The van der Waals surface area contributed by atoms with E-state index in [-0.39, 0.29) is 30.1 Å². The van der Waals surface area contributed by atoms with Crippen LogP contribution in [0.4, 0.5) is 9.18 Å². The van der Waals surface area contributed by atoms with Crippen LogP contribution in [0.1, 0.15) is 16.7 Å². The van der Waals surface area contributed by atoms with Gasteiger partial charge in [0.15, 0.2) is 0 Å². The van der Waals surface area contributed by atoms with Gasteiger partial charge < -0.3 is 4.74 Å². The van der Waals surface area contributed by atoms with E-state index in [9.17, 15) is 14.0 Å². The minimum Gasteiger partial charge on any atom is -0.488 e. The Labute approximate surface area is 214 Å². The van der Waals surface area contributed by atoms with Gasteiger partial charge >= 0.3 is 0 Å². The number of hydrogen-bond acceptors (Lipinski definition) is 4. The van der Waals surface area contributed by atoms with Gasteiger partial charge in [-0.3, -0.25) is 14.5 Å². The Balaban J connectivity index is 1.49. The third kappa shape index (κ3) is 4.88. The van der Waals surface area contributed by atoms with Gasteiger partial charge in [0.1, 0.15) is 18.2 Å². The molecule has 0 aromatic heterocycles. The Morgan fingerprint density at radius 3 is 2.40 bits per heavy atom. The van der Waals surface area contributed by atoms with Crippen LogP contribution < -0.4 is 4.74 Å². The largest absolute Gasteiger partial charge is 0.488 e. The number of rotatable bonds is 6. The number of fused-ring (bicyclic) bond motifs is 1. The number of carbonyl (C=O) groups is 2. The number of imide groups is 1. The molecule has 0 atom stereocenters. The molecule has 1 aliphatic heterocycles. The lowest BCUT2D eigenvalue weighted by Crippen LogP contribution is -2.27. The topological polar surface area (TPSA) is 46.6 Å². The first kappa shape index (κ1) is 23.3. The summed E-state index contributed by atoms with van der Waals surface area (Å²) in [6.45, 7) is 0.213. The van der Waals surface area contributed by atoms with Crippen LogP contribution in [0.15, 0.2) is 94.3 Å². The highest BCUT2D eigenvalue weighted by Crippen LogP contribution is 2.38. The van der Waals surface area contributed by atoms with Gasteiger partial charge in [-0.2, -0.15) is 0 Å². The molecule has 2 amide bonds. The second-order valence-electron chi connectivity index (χ2n) is 7.94. The molecule has 0 spiro atoms. The van der Waals surface area contributed by atoms with Crippen LogP contribution in [-0.2, 0) is 17.9 Å². The third-order valence-corrected chi connectivity index (χ3v) is 7.39. The summed E-state index contributed by atoms with van der Waals surface area (Å²) in [6, 6.07) is 25.4. The molecule has 0 saturated carbocycles. The highest BCUT2D eigenvalue weighted by molar-refractivity contribution is 9.10. The predicted octanol–water partition coefficient (Wildman–Crippen LogP) is 7.56. The molecule has 1 saturated heterocycles. The van der Waals surface area contributed by atoms with Crippen LogP contribution >= 0.6 is 27.7 Å². The number of ether oxygens (including phenoxy) is 1. The number of nitrogens with zero attached hydrogens (tertiary/aromatic N) is 1. The van der Waals surface area contributed by atoms with Crippen molar-refractivity contribution >= 4 is 55.7 Å². The first-order valence-corrected chi connectivity index (χ1v) is 12.5. The number of amides is 2. The zero-order valence-electron chi connectivity index (χ0n) is 18.4. The Morgan fingerprint density at radius 1 is 0.886 bits per heavy atom. The number of halogens is 2. The van der Waals surface area contributed by atoms with Crippen molar-refractivity contribution in [1.82, 2.24) is 4.90 Å². The molecule has 5 rings (SSSR count). The van der Waals surface area contributed by atoms with Crippen molar-refractivity contribution in [2.75, 3.05) is 0 Å². The lowest BCUT2D eigenvalue weighted by molar-refractivity contribution is -0.123. The van der Waals surface area contributed by atoms with Gasteiger partial charge in [-0.1, -0.05) is 82.7 Å². The second-order valence-corrected chi connectivity index (χ2v) is 9.79. The fraction of sp³-hybridized carbons (Fsp3) is 0.0714. The molecular weight excluding hydrogens is 529 g/mol. The highest BCUT2D eigenvalue weighted by Gasteiger charge is 2.35. The zero-order valence-corrected chi connectivity index (χ0v) is 20.8. The average Bonchev–Trinajstić information content (AvgIpc) is 3.13. The van der Waals surface area contributed by atoms with E-state index in [1.807, 2.05) is 54.6 Å². The molecule has 35 heavy (non-hydrogen) atoms. The minimum atomic E-state index is -0.358. The quantitative estimate of drug-likeness (QED) is 0.234. The molecule has 0 radical (unpaired) electrons. The molecule has 4 aromatic rings. The normalized spacial score (nSPS) is 14.8. The van der Waals surface area contributed by atoms with Crippen molar-refractivity contribution in [3.8, 4) is 5.75 Å². The van der Waals surface area contributed by atoms with Crippen molar-refractivity contribution in [3.63, 3.8) is 0 Å². The van der Waals surface area contributed by atoms with E-state index in [4.69, 9.17) is 4.74 Å². The molecule has 4 aromatic carbocycles. The summed E-state index contributed by atoms with van der Waals surface area (Å²) in [4.78, 5) is 27.5. The molecule has 1 fully saturated rings. The van der Waals surface area contributed by atoms with E-state index < -0.39 is 0 Å². The van der Waals surface area contributed by atoms with Gasteiger partial charge in [0.05, 0.1) is 11.4 Å². The van der Waals surface area contributed by atoms with Crippen LogP contribution in [0.2, 0.25) is 0 Å². The second kappa shape index (κ2) is 10.1. The maximum Gasteiger partial charge on any atom is 0.293 e. The SMILES string of the molecule is O=C1S/C(=C\c2c(OCc3ccccc3F)ccc3ccccc23)C(=O)N1Cc1ccccc1Br. The highest BCUT2D eigenvalue weighted by atomic mass is 79.9. The van der Waals surface area contributed by atoms with Crippen molar-refractivity contribution in [2.24, 2.45) is 0 Å². The summed E-state index contributed by atoms with van der Waals surface area (Å²) < 4.78 is 21.0. The maximum atomic E-state index is 14.1. The van der Waals surface area contributed by atoms with Crippen molar-refractivity contribution in [3.05, 3.63) is 117 Å². The van der Waals surface area contributed by atoms with Crippen LogP contribution in [-0.4, -0.2) is 16.0 Å². The van der Waals surface area contributed by atoms with Crippen molar-refractivity contribution in [1.29, 1.82) is 0 Å². The first-order chi connectivity index (χ1) is 17.0. The van der Waals surface area contributed by atoms with Crippen molar-refractivity contribution in [2.45, 2.75) is 13.2 Å². The lowest BCUT2D eigenvalue weighted by atomic mass is 10.0. The van der Waals surface area contributed by atoms with Crippen LogP contribution in [0.25, 0.3) is 16.8 Å². The fourth-order valence-electron chi connectivity index (χ4n) is 3.89. The Morgan fingerprint density at radius 2 is 1.60 bits per heavy atom. The fourth-order valence-corrected chi connectivity index (χ4v) is 5.12. The monoisotopic (exact) mass is 547 g/mol. The van der Waals surface area contributed by atoms with E-state index in [2.05, 4.69) is 15.9 Å². The summed E-state index contributed by atoms with van der Waals surface area (Å²) in [6.07, 6.45) is 1.70. The van der Waals surface area contributed by atoms with E-state index in [0.29, 0.717) is 21.8 Å². The van der Waals surface area contributed by atoms with E-state index in [1.165, 1.54) is 11.0 Å². The Kier molecular flexibility index (Phi) is 6.70. The van der Waals surface area contributed by atoms with Gasteiger partial charge in [0.2, 0.25) is 0 Å². The average molecular weight is 548 g/mol. The number of benzene rings is 4. The molecule has 0 N–H and O–H groups in total. The first-order valence-electron chi connectivity index (χ1n) is 10.9. The van der Waals surface area contributed by atoms with Crippen LogP contribution in [0.5, 0.6) is 5.75 Å². The van der Waals surface area contributed by atoms with E-state index >= 15 is 0 Å². The smallest absolute Gasteiger partial charge is 0.293 e. The van der Waals surface area contributed by atoms with Gasteiger partial charge in [-0.15, -0.1) is 0 Å². The molecule has 0 aliphatic carbocycles. The van der Waals surface area contributed by atoms with Crippen molar-refractivity contribution < 1.29 is 18.7 Å². The minimum absolute atomic E-state index is 0.0371. The summed E-state index contributed by atoms with van der Waals surface area (Å²) in [5, 5.41) is 1.51. The Bertz CT molecular complexity index is 1490. The van der Waals surface area contributed by atoms with Crippen LogP contribution in [0, 0.1) is 5.82 Å². The maximum absolute atomic E-state index is 14.1. The van der Waals surface area contributed by atoms with Gasteiger partial charge in [-0.05, 0) is 52.4 Å². The van der Waals surface area contributed by atoms with E-state index in [0.717, 1.165) is 32.6 Å². The zero-order chi connectivity index (χ0) is 24.4. The lowest BCUT2D eigenvalue weighted by Gasteiger charge is -2.14. The van der Waals surface area contributed by atoms with Crippen LogP contribution in [0.3, 0.4) is 0 Å². The van der Waals surface area contributed by atoms with E-state index in [1.54, 1.807) is 30.3 Å². The number of carbonyl (C=O) groups excluding carboxylic acids is 2. The number of hydrogen-bond donors (Lipinski definition) is 0.